The van der Waals surface area contributed by atoms with Crippen LogP contribution in [0.5, 0.6) is 0 Å². The summed E-state index contributed by atoms with van der Waals surface area (Å²) in [6, 6.07) is 8.12. The van der Waals surface area contributed by atoms with Crippen LogP contribution in [0.15, 0.2) is 28.7 Å². The molecule has 17 heavy (non-hydrogen) atoms. The third-order valence-electron chi connectivity index (χ3n) is 2.24. The zero-order chi connectivity index (χ0) is 12.1. The molecule has 0 radical (unpaired) electrons. The molecule has 0 atom stereocenters. The van der Waals surface area contributed by atoms with Crippen molar-refractivity contribution in [2.75, 3.05) is 11.9 Å². The summed E-state index contributed by atoms with van der Waals surface area (Å²) in [7, 11) is 0. The van der Waals surface area contributed by atoms with Gasteiger partial charge in [-0.25, -0.2) is 0 Å². The van der Waals surface area contributed by atoms with Gasteiger partial charge in [-0.05, 0) is 24.1 Å². The summed E-state index contributed by atoms with van der Waals surface area (Å²) in [6.07, 6.45) is 0.859. The van der Waals surface area contributed by atoms with Crippen LogP contribution < -0.4 is 11.1 Å². The van der Waals surface area contributed by atoms with E-state index in [2.05, 4.69) is 15.5 Å². The van der Waals surface area contributed by atoms with Gasteiger partial charge >= 0.3 is 6.01 Å². The van der Waals surface area contributed by atoms with E-state index in [0.29, 0.717) is 18.5 Å². The highest BCUT2D eigenvalue weighted by Gasteiger charge is 2.02. The number of aromatic nitrogens is 2. The zero-order valence-corrected chi connectivity index (χ0v) is 9.94. The SMILES string of the molecule is NCc1nnc(NCCc2ccc(Cl)cc2)o1. The molecule has 2 aromatic rings. The monoisotopic (exact) mass is 252 g/mol. The molecule has 0 saturated carbocycles. The minimum Gasteiger partial charge on any atom is -0.407 e. The minimum absolute atomic E-state index is 0.256. The first-order valence-corrected chi connectivity index (χ1v) is 5.66. The van der Waals surface area contributed by atoms with Crippen LogP contribution in [0.3, 0.4) is 0 Å². The molecule has 0 spiro atoms. The number of nitrogens with zero attached hydrogens (tertiary/aromatic N) is 2. The van der Waals surface area contributed by atoms with Crippen molar-refractivity contribution in [3.63, 3.8) is 0 Å². The minimum atomic E-state index is 0.256. The summed E-state index contributed by atoms with van der Waals surface area (Å²) in [5.41, 5.74) is 6.56. The average molecular weight is 253 g/mol. The quantitative estimate of drug-likeness (QED) is 0.849. The van der Waals surface area contributed by atoms with Crippen LogP contribution in [0.4, 0.5) is 6.01 Å². The van der Waals surface area contributed by atoms with Crippen LogP contribution in [0, 0.1) is 0 Å². The highest BCUT2D eigenvalue weighted by Crippen LogP contribution is 2.10. The summed E-state index contributed by atoms with van der Waals surface area (Å²) >= 11 is 5.80. The van der Waals surface area contributed by atoms with Crippen LogP contribution in [-0.2, 0) is 13.0 Å². The number of halogens is 1. The van der Waals surface area contributed by atoms with Gasteiger partial charge in [-0.15, -0.1) is 5.10 Å². The van der Waals surface area contributed by atoms with E-state index in [-0.39, 0.29) is 6.54 Å². The number of hydrogen-bond donors (Lipinski definition) is 2. The largest absolute Gasteiger partial charge is 0.407 e. The third-order valence-corrected chi connectivity index (χ3v) is 2.50. The lowest BCUT2D eigenvalue weighted by Gasteiger charge is -2.01. The van der Waals surface area contributed by atoms with E-state index in [1.807, 2.05) is 24.3 Å². The Bertz CT molecular complexity index is 469. The van der Waals surface area contributed by atoms with Gasteiger partial charge in [0.15, 0.2) is 0 Å². The van der Waals surface area contributed by atoms with Gasteiger partial charge in [-0.2, -0.15) is 0 Å². The fourth-order valence-corrected chi connectivity index (χ4v) is 1.50. The Hall–Kier alpha value is -1.59. The van der Waals surface area contributed by atoms with Crippen LogP contribution >= 0.6 is 11.6 Å². The number of nitrogens with two attached hydrogens (primary N) is 1. The number of hydrogen-bond acceptors (Lipinski definition) is 5. The van der Waals surface area contributed by atoms with Gasteiger partial charge in [0.1, 0.15) is 0 Å². The summed E-state index contributed by atoms with van der Waals surface area (Å²) in [6.45, 7) is 0.972. The molecule has 0 fully saturated rings. The van der Waals surface area contributed by atoms with E-state index in [1.165, 1.54) is 5.56 Å². The summed E-state index contributed by atoms with van der Waals surface area (Å²) in [4.78, 5) is 0. The molecule has 0 aliphatic carbocycles. The first-order chi connectivity index (χ1) is 8.28. The van der Waals surface area contributed by atoms with E-state index < -0.39 is 0 Å². The lowest BCUT2D eigenvalue weighted by Crippen LogP contribution is -2.04. The van der Waals surface area contributed by atoms with Crippen molar-refractivity contribution >= 4 is 17.6 Å². The lowest BCUT2D eigenvalue weighted by molar-refractivity contribution is 0.507. The fraction of sp³-hybridized carbons (Fsp3) is 0.273. The first-order valence-electron chi connectivity index (χ1n) is 5.28. The lowest BCUT2D eigenvalue weighted by atomic mass is 10.1. The van der Waals surface area contributed by atoms with Crippen molar-refractivity contribution < 1.29 is 4.42 Å². The second-order valence-electron chi connectivity index (χ2n) is 3.51. The normalized spacial score (nSPS) is 10.5. The molecule has 90 valence electrons. The number of rotatable bonds is 5. The van der Waals surface area contributed by atoms with Gasteiger partial charge in [-0.1, -0.05) is 28.8 Å². The maximum Gasteiger partial charge on any atom is 0.315 e. The molecule has 5 nitrogen and oxygen atoms in total. The van der Waals surface area contributed by atoms with Gasteiger partial charge in [0, 0.05) is 11.6 Å². The fourth-order valence-electron chi connectivity index (χ4n) is 1.37. The van der Waals surface area contributed by atoms with Crippen molar-refractivity contribution in [2.45, 2.75) is 13.0 Å². The van der Waals surface area contributed by atoms with Crippen molar-refractivity contribution in [1.29, 1.82) is 0 Å². The molecular formula is C11H13ClN4O. The first kappa shape index (κ1) is 11.9. The van der Waals surface area contributed by atoms with Gasteiger partial charge in [0.05, 0.1) is 6.54 Å². The number of benzene rings is 1. The van der Waals surface area contributed by atoms with E-state index >= 15 is 0 Å². The maximum atomic E-state index is 5.80. The predicted octanol–water partition coefficient (Wildman–Crippen LogP) is 1.84. The molecule has 1 aromatic carbocycles. The van der Waals surface area contributed by atoms with Crippen molar-refractivity contribution in [3.8, 4) is 0 Å². The Morgan fingerprint density at radius 3 is 2.65 bits per heavy atom. The Morgan fingerprint density at radius 1 is 1.24 bits per heavy atom. The topological polar surface area (TPSA) is 77.0 Å². The Kier molecular flexibility index (Phi) is 3.95. The van der Waals surface area contributed by atoms with E-state index in [1.54, 1.807) is 0 Å². The molecular weight excluding hydrogens is 240 g/mol. The Balaban J connectivity index is 1.81. The molecule has 6 heteroatoms. The molecule has 0 saturated heterocycles. The summed E-state index contributed by atoms with van der Waals surface area (Å²) < 4.78 is 5.21. The highest BCUT2D eigenvalue weighted by atomic mass is 35.5. The van der Waals surface area contributed by atoms with Gasteiger partial charge in [0.25, 0.3) is 0 Å². The zero-order valence-electron chi connectivity index (χ0n) is 9.19. The average Bonchev–Trinajstić information content (AvgIpc) is 2.80. The molecule has 0 aliphatic rings. The Morgan fingerprint density at radius 2 is 2.00 bits per heavy atom. The Labute approximate surface area is 104 Å². The third kappa shape index (κ3) is 3.44. The molecule has 0 aliphatic heterocycles. The van der Waals surface area contributed by atoms with Crippen molar-refractivity contribution in [2.24, 2.45) is 5.73 Å². The van der Waals surface area contributed by atoms with E-state index in [4.69, 9.17) is 21.8 Å². The van der Waals surface area contributed by atoms with Crippen LogP contribution in [-0.4, -0.2) is 16.7 Å². The highest BCUT2D eigenvalue weighted by molar-refractivity contribution is 6.30. The van der Waals surface area contributed by atoms with Gasteiger partial charge in [0.2, 0.25) is 5.89 Å². The molecule has 1 heterocycles. The van der Waals surface area contributed by atoms with Crippen molar-refractivity contribution in [1.82, 2.24) is 10.2 Å². The standard InChI is InChI=1S/C11H13ClN4O/c12-9-3-1-8(2-4-9)5-6-14-11-16-15-10(7-13)17-11/h1-4H,5-7,13H2,(H,14,16). The molecule has 0 unspecified atom stereocenters. The number of anilines is 1. The van der Waals surface area contributed by atoms with Gasteiger partial charge in [-0.3, -0.25) is 0 Å². The van der Waals surface area contributed by atoms with Crippen LogP contribution in [0.1, 0.15) is 11.5 Å². The van der Waals surface area contributed by atoms with E-state index in [0.717, 1.165) is 11.4 Å². The predicted molar refractivity (Wildman–Crippen MR) is 65.8 cm³/mol. The molecule has 0 bridgehead atoms. The molecule has 1 aromatic heterocycles. The summed E-state index contributed by atoms with van der Waals surface area (Å²) in [5, 5.41) is 11.3. The van der Waals surface area contributed by atoms with Gasteiger partial charge < -0.3 is 15.5 Å². The second kappa shape index (κ2) is 5.65. The number of nitrogens with one attached hydrogen (secondary N) is 1. The molecule has 2 rings (SSSR count). The summed E-state index contributed by atoms with van der Waals surface area (Å²) in [5.74, 6) is 0.430. The second-order valence-corrected chi connectivity index (χ2v) is 3.94. The van der Waals surface area contributed by atoms with Crippen LogP contribution in [0.25, 0.3) is 0 Å². The smallest absolute Gasteiger partial charge is 0.315 e. The molecule has 3 N–H and O–H groups in total. The van der Waals surface area contributed by atoms with Crippen LogP contribution in [0.2, 0.25) is 5.02 Å². The molecule has 0 amide bonds. The van der Waals surface area contributed by atoms with Crippen molar-refractivity contribution in [3.05, 3.63) is 40.7 Å². The van der Waals surface area contributed by atoms with E-state index in [9.17, 15) is 0 Å². The maximum absolute atomic E-state index is 5.80.